The lowest BCUT2D eigenvalue weighted by molar-refractivity contribution is 0.0950. The fraction of sp³-hybridized carbons (Fsp3) is 0.435. The molecule has 1 heterocycles. The Morgan fingerprint density at radius 2 is 1.61 bits per heavy atom. The van der Waals surface area contributed by atoms with Crippen molar-refractivity contribution in [1.82, 2.24) is 5.32 Å². The van der Waals surface area contributed by atoms with Crippen LogP contribution in [0.25, 0.3) is 0 Å². The van der Waals surface area contributed by atoms with Crippen molar-refractivity contribution in [2.24, 2.45) is 0 Å². The maximum Gasteiger partial charge on any atom is 0.251 e. The summed E-state index contributed by atoms with van der Waals surface area (Å²) in [6.45, 7) is 7.68. The van der Waals surface area contributed by atoms with Crippen LogP contribution in [0, 0.1) is 0 Å². The highest BCUT2D eigenvalue weighted by Gasteiger charge is 2.13. The van der Waals surface area contributed by atoms with Gasteiger partial charge in [-0.05, 0) is 69.0 Å². The van der Waals surface area contributed by atoms with Crippen molar-refractivity contribution < 1.29 is 14.3 Å². The van der Waals surface area contributed by atoms with Gasteiger partial charge >= 0.3 is 0 Å². The zero-order valence-corrected chi connectivity index (χ0v) is 16.9. The zero-order chi connectivity index (χ0) is 19.8. The fourth-order valence-electron chi connectivity index (χ4n) is 3.45. The smallest absolute Gasteiger partial charge is 0.251 e. The molecule has 1 fully saturated rings. The summed E-state index contributed by atoms with van der Waals surface area (Å²) < 4.78 is 11.2. The Hall–Kier alpha value is -2.69. The van der Waals surface area contributed by atoms with Crippen LogP contribution in [0.2, 0.25) is 0 Å². The minimum absolute atomic E-state index is 0.121. The predicted octanol–water partition coefficient (Wildman–Crippen LogP) is 4.40. The largest absolute Gasteiger partial charge is 0.490 e. The molecular formula is C23H30N2O3. The number of nitrogens with one attached hydrogen (secondary N) is 1. The van der Waals surface area contributed by atoms with E-state index in [1.54, 1.807) is 18.2 Å². The van der Waals surface area contributed by atoms with E-state index >= 15 is 0 Å². The minimum atomic E-state index is -0.121. The van der Waals surface area contributed by atoms with Crippen molar-refractivity contribution in [3.63, 3.8) is 0 Å². The van der Waals surface area contributed by atoms with Gasteiger partial charge in [0.1, 0.15) is 0 Å². The summed E-state index contributed by atoms with van der Waals surface area (Å²) in [5.74, 6) is 1.14. The molecule has 0 saturated carbocycles. The highest BCUT2D eigenvalue weighted by Crippen LogP contribution is 2.28. The summed E-state index contributed by atoms with van der Waals surface area (Å²) in [5, 5.41) is 2.99. The van der Waals surface area contributed by atoms with E-state index in [1.165, 1.54) is 24.9 Å². The Balaban J connectivity index is 1.59. The Labute approximate surface area is 167 Å². The van der Waals surface area contributed by atoms with E-state index < -0.39 is 0 Å². The minimum Gasteiger partial charge on any atom is -0.490 e. The molecule has 0 spiro atoms. The van der Waals surface area contributed by atoms with Crippen LogP contribution in [0.15, 0.2) is 42.5 Å². The summed E-state index contributed by atoms with van der Waals surface area (Å²) >= 11 is 0. The molecule has 0 unspecified atom stereocenters. The summed E-state index contributed by atoms with van der Waals surface area (Å²) in [5.41, 5.74) is 2.92. The quantitative estimate of drug-likeness (QED) is 0.735. The third kappa shape index (κ3) is 5.18. The van der Waals surface area contributed by atoms with Crippen molar-refractivity contribution in [3.8, 4) is 11.5 Å². The van der Waals surface area contributed by atoms with Gasteiger partial charge < -0.3 is 19.7 Å². The molecule has 2 aromatic rings. The molecule has 0 aliphatic carbocycles. The first-order valence-electron chi connectivity index (χ1n) is 10.2. The molecule has 0 bridgehead atoms. The molecule has 5 nitrogen and oxygen atoms in total. The van der Waals surface area contributed by atoms with Gasteiger partial charge in [0, 0.05) is 30.9 Å². The first kappa shape index (κ1) is 20.1. The molecule has 1 amide bonds. The number of amides is 1. The number of carbonyl (C=O) groups is 1. The fourth-order valence-corrected chi connectivity index (χ4v) is 3.45. The number of anilines is 1. The SMILES string of the molecule is CCOc1ccc(C(=O)NCc2ccc(N3CCCCC3)cc2)cc1OCC. The first-order chi connectivity index (χ1) is 13.7. The maximum atomic E-state index is 12.5. The molecule has 1 aliphatic heterocycles. The molecule has 1 aliphatic rings. The highest BCUT2D eigenvalue weighted by molar-refractivity contribution is 5.94. The number of rotatable bonds is 8. The summed E-state index contributed by atoms with van der Waals surface area (Å²) in [6, 6.07) is 13.8. The van der Waals surface area contributed by atoms with E-state index in [9.17, 15) is 4.79 Å². The van der Waals surface area contributed by atoms with Crippen molar-refractivity contribution in [2.45, 2.75) is 39.7 Å². The van der Waals surface area contributed by atoms with Crippen molar-refractivity contribution >= 4 is 11.6 Å². The molecule has 1 saturated heterocycles. The van der Waals surface area contributed by atoms with Gasteiger partial charge in [-0.3, -0.25) is 4.79 Å². The lowest BCUT2D eigenvalue weighted by Crippen LogP contribution is -2.29. The third-order valence-corrected chi connectivity index (χ3v) is 4.92. The van der Waals surface area contributed by atoms with E-state index in [0.717, 1.165) is 18.7 Å². The lowest BCUT2D eigenvalue weighted by atomic mass is 10.1. The third-order valence-electron chi connectivity index (χ3n) is 4.92. The topological polar surface area (TPSA) is 50.8 Å². The monoisotopic (exact) mass is 382 g/mol. The van der Waals surface area contributed by atoms with Gasteiger partial charge in [-0.15, -0.1) is 0 Å². The maximum absolute atomic E-state index is 12.5. The van der Waals surface area contributed by atoms with Gasteiger partial charge in [0.25, 0.3) is 5.91 Å². The summed E-state index contributed by atoms with van der Waals surface area (Å²) in [7, 11) is 0. The number of piperidine rings is 1. The normalized spacial score (nSPS) is 13.9. The number of benzene rings is 2. The van der Waals surface area contributed by atoms with E-state index in [2.05, 4.69) is 34.5 Å². The van der Waals surface area contributed by atoms with Crippen molar-refractivity contribution in [3.05, 3.63) is 53.6 Å². The second kappa shape index (κ2) is 10.0. The summed E-state index contributed by atoms with van der Waals surface area (Å²) in [6.07, 6.45) is 3.87. The molecule has 2 aromatic carbocycles. The first-order valence-corrected chi connectivity index (χ1v) is 10.2. The van der Waals surface area contributed by atoms with Gasteiger partial charge in [-0.2, -0.15) is 0 Å². The van der Waals surface area contributed by atoms with Crippen LogP contribution < -0.4 is 19.7 Å². The molecule has 28 heavy (non-hydrogen) atoms. The molecule has 0 atom stereocenters. The molecule has 1 N–H and O–H groups in total. The number of nitrogens with zero attached hydrogens (tertiary/aromatic N) is 1. The number of hydrogen-bond donors (Lipinski definition) is 1. The lowest BCUT2D eigenvalue weighted by Gasteiger charge is -2.28. The van der Waals surface area contributed by atoms with E-state index in [1.807, 2.05) is 13.8 Å². The highest BCUT2D eigenvalue weighted by atomic mass is 16.5. The average molecular weight is 383 g/mol. The van der Waals surface area contributed by atoms with Crippen molar-refractivity contribution in [2.75, 3.05) is 31.2 Å². The Morgan fingerprint density at radius 3 is 2.29 bits per heavy atom. The number of ether oxygens (including phenoxy) is 2. The van der Waals surface area contributed by atoms with E-state index in [0.29, 0.717) is 36.8 Å². The zero-order valence-electron chi connectivity index (χ0n) is 16.9. The van der Waals surface area contributed by atoms with Gasteiger partial charge in [0.05, 0.1) is 13.2 Å². The van der Waals surface area contributed by atoms with Gasteiger partial charge in [0.15, 0.2) is 11.5 Å². The number of carbonyl (C=O) groups excluding carboxylic acids is 1. The second-order valence-corrected chi connectivity index (χ2v) is 6.92. The van der Waals surface area contributed by atoms with Gasteiger partial charge in [0.2, 0.25) is 0 Å². The second-order valence-electron chi connectivity index (χ2n) is 6.92. The van der Waals surface area contributed by atoms with Gasteiger partial charge in [-0.25, -0.2) is 0 Å². The molecule has 0 aromatic heterocycles. The van der Waals surface area contributed by atoms with Crippen LogP contribution in [0.3, 0.4) is 0 Å². The van der Waals surface area contributed by atoms with Crippen LogP contribution >= 0.6 is 0 Å². The molecule has 150 valence electrons. The van der Waals surface area contributed by atoms with E-state index in [4.69, 9.17) is 9.47 Å². The molecule has 5 heteroatoms. The Kier molecular flexibility index (Phi) is 7.18. The molecule has 3 rings (SSSR count). The summed E-state index contributed by atoms with van der Waals surface area (Å²) in [4.78, 5) is 15.0. The van der Waals surface area contributed by atoms with Gasteiger partial charge in [-0.1, -0.05) is 12.1 Å². The van der Waals surface area contributed by atoms with Crippen LogP contribution in [0.1, 0.15) is 49.0 Å². The predicted molar refractivity (Wildman–Crippen MR) is 112 cm³/mol. The molecule has 0 radical (unpaired) electrons. The van der Waals surface area contributed by atoms with Crippen LogP contribution in [-0.4, -0.2) is 32.2 Å². The van der Waals surface area contributed by atoms with E-state index in [-0.39, 0.29) is 5.91 Å². The molecular weight excluding hydrogens is 352 g/mol. The standard InChI is InChI=1S/C23H30N2O3/c1-3-27-21-13-10-19(16-22(21)28-4-2)23(26)24-17-18-8-11-20(12-9-18)25-14-6-5-7-15-25/h8-13,16H,3-7,14-15,17H2,1-2H3,(H,24,26). The van der Waals surface area contributed by atoms with Crippen LogP contribution in [-0.2, 0) is 6.54 Å². The Bertz CT molecular complexity index is 768. The van der Waals surface area contributed by atoms with Crippen molar-refractivity contribution in [1.29, 1.82) is 0 Å². The van der Waals surface area contributed by atoms with Crippen LogP contribution in [0.5, 0.6) is 11.5 Å². The van der Waals surface area contributed by atoms with Crippen LogP contribution in [0.4, 0.5) is 5.69 Å². The number of hydrogen-bond acceptors (Lipinski definition) is 4. The Morgan fingerprint density at radius 1 is 0.929 bits per heavy atom. The average Bonchev–Trinajstić information content (AvgIpc) is 2.74.